The number of nitriles is 1. The van der Waals surface area contributed by atoms with Crippen molar-refractivity contribution in [3.05, 3.63) is 34.1 Å². The first-order valence-corrected chi connectivity index (χ1v) is 4.94. The highest BCUT2D eigenvalue weighted by Crippen LogP contribution is 2.24. The standard InChI is InChI=1S/C9H5Cl2N5/c10-6-1-7(11)9(14-4-6)16-8(13)5(2-12)3-15-16/h1,3-4H,13H2. The van der Waals surface area contributed by atoms with E-state index >= 15 is 0 Å². The number of anilines is 1. The van der Waals surface area contributed by atoms with Gasteiger partial charge in [0.25, 0.3) is 0 Å². The van der Waals surface area contributed by atoms with Gasteiger partial charge in [-0.1, -0.05) is 23.2 Å². The summed E-state index contributed by atoms with van der Waals surface area (Å²) in [7, 11) is 0. The van der Waals surface area contributed by atoms with Gasteiger partial charge in [0.2, 0.25) is 0 Å². The van der Waals surface area contributed by atoms with Crippen LogP contribution in [0.25, 0.3) is 5.82 Å². The van der Waals surface area contributed by atoms with E-state index < -0.39 is 0 Å². The molecule has 0 spiro atoms. The Kier molecular flexibility index (Phi) is 2.69. The van der Waals surface area contributed by atoms with Crippen LogP contribution in [0.5, 0.6) is 0 Å². The summed E-state index contributed by atoms with van der Waals surface area (Å²) in [6, 6.07) is 3.44. The van der Waals surface area contributed by atoms with Crippen molar-refractivity contribution in [3.63, 3.8) is 0 Å². The van der Waals surface area contributed by atoms with Gasteiger partial charge in [0.15, 0.2) is 5.82 Å². The zero-order valence-electron chi connectivity index (χ0n) is 7.85. The lowest BCUT2D eigenvalue weighted by atomic mass is 10.4. The van der Waals surface area contributed by atoms with E-state index in [-0.39, 0.29) is 11.4 Å². The zero-order chi connectivity index (χ0) is 11.7. The molecule has 0 unspecified atom stereocenters. The third-order valence-electron chi connectivity index (χ3n) is 1.92. The second-order valence-electron chi connectivity index (χ2n) is 2.93. The van der Waals surface area contributed by atoms with Crippen LogP contribution in [-0.4, -0.2) is 14.8 Å². The molecule has 80 valence electrons. The van der Waals surface area contributed by atoms with Crippen molar-refractivity contribution in [2.75, 3.05) is 5.73 Å². The molecule has 7 heteroatoms. The molecule has 0 aliphatic heterocycles. The first kappa shape index (κ1) is 10.7. The van der Waals surface area contributed by atoms with Gasteiger partial charge in [-0.25, -0.2) is 4.98 Å². The quantitative estimate of drug-likeness (QED) is 0.844. The van der Waals surface area contributed by atoms with Crippen molar-refractivity contribution < 1.29 is 0 Å². The van der Waals surface area contributed by atoms with Crippen molar-refractivity contribution in [2.45, 2.75) is 0 Å². The lowest BCUT2D eigenvalue weighted by molar-refractivity contribution is 0.857. The van der Waals surface area contributed by atoms with Gasteiger partial charge >= 0.3 is 0 Å². The van der Waals surface area contributed by atoms with Crippen LogP contribution in [0.15, 0.2) is 18.5 Å². The van der Waals surface area contributed by atoms with E-state index in [1.54, 1.807) is 0 Å². The molecule has 0 aliphatic rings. The Bertz CT molecular complexity index is 584. The second kappa shape index (κ2) is 4.00. The number of hydrogen-bond acceptors (Lipinski definition) is 4. The molecule has 0 saturated carbocycles. The van der Waals surface area contributed by atoms with Crippen molar-refractivity contribution in [1.82, 2.24) is 14.8 Å². The number of hydrogen-bond donors (Lipinski definition) is 1. The Morgan fingerprint density at radius 3 is 2.69 bits per heavy atom. The highest BCUT2D eigenvalue weighted by atomic mass is 35.5. The maximum absolute atomic E-state index is 8.73. The number of halogens is 2. The number of nitrogen functional groups attached to an aromatic ring is 1. The van der Waals surface area contributed by atoms with Crippen LogP contribution in [0.4, 0.5) is 5.82 Å². The molecule has 5 nitrogen and oxygen atoms in total. The summed E-state index contributed by atoms with van der Waals surface area (Å²) in [6.07, 6.45) is 2.78. The molecule has 0 fully saturated rings. The summed E-state index contributed by atoms with van der Waals surface area (Å²) in [6.45, 7) is 0. The molecule has 2 aromatic rings. The normalized spacial score (nSPS) is 10.1. The monoisotopic (exact) mass is 253 g/mol. The van der Waals surface area contributed by atoms with Crippen molar-refractivity contribution in [3.8, 4) is 11.9 Å². The first-order valence-electron chi connectivity index (χ1n) is 4.18. The third kappa shape index (κ3) is 1.69. The smallest absolute Gasteiger partial charge is 0.174 e. The third-order valence-corrected chi connectivity index (χ3v) is 2.40. The largest absolute Gasteiger partial charge is 0.382 e. The van der Waals surface area contributed by atoms with Crippen LogP contribution in [0.3, 0.4) is 0 Å². The summed E-state index contributed by atoms with van der Waals surface area (Å²) >= 11 is 11.7. The summed E-state index contributed by atoms with van der Waals surface area (Å²) < 4.78 is 1.29. The van der Waals surface area contributed by atoms with E-state index in [0.717, 1.165) is 0 Å². The minimum atomic E-state index is 0.194. The summed E-state index contributed by atoms with van der Waals surface area (Å²) in [5.41, 5.74) is 5.97. The molecular weight excluding hydrogens is 249 g/mol. The van der Waals surface area contributed by atoms with Crippen molar-refractivity contribution >= 4 is 29.0 Å². The number of pyridine rings is 1. The number of aromatic nitrogens is 3. The maximum Gasteiger partial charge on any atom is 0.174 e. The molecule has 0 saturated heterocycles. The Labute approximate surface area is 101 Å². The SMILES string of the molecule is N#Cc1cnn(-c2ncc(Cl)cc2Cl)c1N. The van der Waals surface area contributed by atoms with Gasteiger partial charge in [0.05, 0.1) is 16.2 Å². The Balaban J connectivity index is 2.60. The fourth-order valence-corrected chi connectivity index (χ4v) is 1.64. The topological polar surface area (TPSA) is 80.5 Å². The lowest BCUT2D eigenvalue weighted by Crippen LogP contribution is -2.05. The van der Waals surface area contributed by atoms with E-state index in [2.05, 4.69) is 10.1 Å². The van der Waals surface area contributed by atoms with Gasteiger partial charge in [-0.05, 0) is 6.07 Å². The van der Waals surface area contributed by atoms with Gasteiger partial charge in [-0.3, -0.25) is 0 Å². The Hall–Kier alpha value is -1.77. The molecule has 2 rings (SSSR count). The first-order chi connectivity index (χ1) is 7.63. The minimum Gasteiger partial charge on any atom is -0.382 e. The Morgan fingerprint density at radius 2 is 2.12 bits per heavy atom. The molecule has 0 aromatic carbocycles. The van der Waals surface area contributed by atoms with Crippen LogP contribution in [0.2, 0.25) is 10.0 Å². The molecule has 2 heterocycles. The molecule has 2 N–H and O–H groups in total. The number of nitrogens with zero attached hydrogens (tertiary/aromatic N) is 4. The molecule has 0 bridgehead atoms. The Morgan fingerprint density at radius 1 is 1.38 bits per heavy atom. The lowest BCUT2D eigenvalue weighted by Gasteiger charge is -2.04. The van der Waals surface area contributed by atoms with E-state index in [4.69, 9.17) is 34.2 Å². The molecule has 16 heavy (non-hydrogen) atoms. The average molecular weight is 254 g/mol. The number of rotatable bonds is 1. The van der Waals surface area contributed by atoms with E-state index in [1.165, 1.54) is 23.1 Å². The van der Waals surface area contributed by atoms with Gasteiger partial charge in [0.1, 0.15) is 17.5 Å². The number of nitrogens with two attached hydrogens (primary N) is 1. The fourth-order valence-electron chi connectivity index (χ4n) is 1.18. The van der Waals surface area contributed by atoms with Gasteiger partial charge in [-0.2, -0.15) is 15.0 Å². The maximum atomic E-state index is 8.73. The van der Waals surface area contributed by atoms with E-state index in [9.17, 15) is 0 Å². The van der Waals surface area contributed by atoms with Crippen molar-refractivity contribution in [2.24, 2.45) is 0 Å². The van der Waals surface area contributed by atoms with Crippen LogP contribution in [0, 0.1) is 11.3 Å². The predicted octanol–water partition coefficient (Wildman–Crippen LogP) is 2.03. The predicted molar refractivity (Wildman–Crippen MR) is 60.5 cm³/mol. The summed E-state index contributed by atoms with van der Waals surface area (Å²) in [5.74, 6) is 0.532. The van der Waals surface area contributed by atoms with Crippen LogP contribution >= 0.6 is 23.2 Å². The molecular formula is C9H5Cl2N5. The average Bonchev–Trinajstić information content (AvgIpc) is 2.60. The molecule has 2 aromatic heterocycles. The highest BCUT2D eigenvalue weighted by Gasteiger charge is 2.12. The molecule has 0 aliphatic carbocycles. The fraction of sp³-hybridized carbons (Fsp3) is 0. The van der Waals surface area contributed by atoms with Gasteiger partial charge < -0.3 is 5.73 Å². The van der Waals surface area contributed by atoms with Crippen molar-refractivity contribution in [1.29, 1.82) is 5.26 Å². The highest BCUT2D eigenvalue weighted by molar-refractivity contribution is 6.35. The minimum absolute atomic E-state index is 0.194. The van der Waals surface area contributed by atoms with Gasteiger partial charge in [-0.15, -0.1) is 0 Å². The van der Waals surface area contributed by atoms with E-state index in [0.29, 0.717) is 15.9 Å². The van der Waals surface area contributed by atoms with Crippen LogP contribution < -0.4 is 5.73 Å². The molecule has 0 amide bonds. The van der Waals surface area contributed by atoms with Crippen LogP contribution in [-0.2, 0) is 0 Å². The van der Waals surface area contributed by atoms with Gasteiger partial charge in [0, 0.05) is 6.20 Å². The summed E-state index contributed by atoms with van der Waals surface area (Å²) in [5, 5.41) is 13.4. The molecule has 0 atom stereocenters. The zero-order valence-corrected chi connectivity index (χ0v) is 9.37. The second-order valence-corrected chi connectivity index (χ2v) is 3.77. The molecule has 0 radical (unpaired) electrons. The van der Waals surface area contributed by atoms with Crippen LogP contribution in [0.1, 0.15) is 5.56 Å². The summed E-state index contributed by atoms with van der Waals surface area (Å²) in [4.78, 5) is 4.00. The van der Waals surface area contributed by atoms with E-state index in [1.807, 2.05) is 6.07 Å².